The second-order valence-corrected chi connectivity index (χ2v) is 7.56. The number of nitrogens with zero attached hydrogens (tertiary/aromatic N) is 4. The van der Waals surface area contributed by atoms with Crippen LogP contribution in [0.3, 0.4) is 0 Å². The minimum atomic E-state index is -0.320. The fourth-order valence-corrected chi connectivity index (χ4v) is 3.89. The molecule has 5 rings (SSSR count). The number of rotatable bonds is 5. The lowest BCUT2D eigenvalue weighted by atomic mass is 9.96. The van der Waals surface area contributed by atoms with Crippen LogP contribution in [0.15, 0.2) is 65.2 Å². The van der Waals surface area contributed by atoms with Crippen LogP contribution < -0.4 is 4.74 Å². The van der Waals surface area contributed by atoms with Crippen LogP contribution in [-0.4, -0.2) is 38.5 Å². The van der Waals surface area contributed by atoms with Gasteiger partial charge in [0.1, 0.15) is 29.8 Å². The molecular weight excluding hydrogens is 399 g/mol. The first kappa shape index (κ1) is 19.3. The van der Waals surface area contributed by atoms with Crippen molar-refractivity contribution in [3.8, 4) is 5.75 Å². The molecule has 4 aromatic rings. The van der Waals surface area contributed by atoms with Gasteiger partial charge in [-0.05, 0) is 61.4 Å². The molecule has 158 valence electrons. The zero-order valence-electron chi connectivity index (χ0n) is 16.8. The number of hydrogen-bond acceptors (Lipinski definition) is 5. The molecule has 0 atom stereocenters. The third-order valence-electron chi connectivity index (χ3n) is 5.55. The Hall–Kier alpha value is -3.68. The van der Waals surface area contributed by atoms with Crippen molar-refractivity contribution in [3.05, 3.63) is 84.0 Å². The molecule has 7 nitrogen and oxygen atoms in total. The Kier molecular flexibility index (Phi) is 5.11. The molecule has 8 heteroatoms. The van der Waals surface area contributed by atoms with Crippen LogP contribution in [0, 0.1) is 5.82 Å². The maximum atomic E-state index is 13.0. The number of furan rings is 1. The largest absolute Gasteiger partial charge is 0.486 e. The lowest BCUT2D eigenvalue weighted by molar-refractivity contribution is 0.0674. The number of carbonyl (C=O) groups is 1. The van der Waals surface area contributed by atoms with Gasteiger partial charge in [-0.3, -0.25) is 9.20 Å². The van der Waals surface area contributed by atoms with E-state index in [-0.39, 0.29) is 24.2 Å². The Morgan fingerprint density at radius 3 is 2.68 bits per heavy atom. The molecule has 0 N–H and O–H groups in total. The van der Waals surface area contributed by atoms with E-state index in [0.717, 1.165) is 24.3 Å². The van der Waals surface area contributed by atoms with Crippen molar-refractivity contribution in [3.63, 3.8) is 0 Å². The summed E-state index contributed by atoms with van der Waals surface area (Å²) in [5.74, 6) is 2.13. The Morgan fingerprint density at radius 1 is 1.06 bits per heavy atom. The van der Waals surface area contributed by atoms with Crippen LogP contribution in [0.4, 0.5) is 4.39 Å². The first-order chi connectivity index (χ1) is 15.2. The van der Waals surface area contributed by atoms with Gasteiger partial charge in [-0.15, -0.1) is 10.2 Å². The third kappa shape index (κ3) is 4.01. The molecular formula is C23H21FN4O3. The van der Waals surface area contributed by atoms with Gasteiger partial charge in [0.05, 0.1) is 0 Å². The maximum absolute atomic E-state index is 13.0. The lowest BCUT2D eigenvalue weighted by Gasteiger charge is -2.30. The van der Waals surface area contributed by atoms with Crippen LogP contribution in [-0.2, 0) is 6.61 Å². The first-order valence-electron chi connectivity index (χ1n) is 10.2. The summed E-state index contributed by atoms with van der Waals surface area (Å²) in [6, 6.07) is 15.0. The van der Waals surface area contributed by atoms with Gasteiger partial charge >= 0.3 is 0 Å². The molecule has 0 spiro atoms. The van der Waals surface area contributed by atoms with Crippen molar-refractivity contribution >= 4 is 11.6 Å². The summed E-state index contributed by atoms with van der Waals surface area (Å²) in [5, 5.41) is 8.59. The van der Waals surface area contributed by atoms with E-state index in [9.17, 15) is 9.18 Å². The number of halogens is 1. The molecule has 0 aliphatic carbocycles. The van der Waals surface area contributed by atoms with E-state index < -0.39 is 0 Å². The molecule has 31 heavy (non-hydrogen) atoms. The summed E-state index contributed by atoms with van der Waals surface area (Å²) in [5.41, 5.74) is 0.835. The second-order valence-electron chi connectivity index (χ2n) is 7.56. The molecule has 1 fully saturated rings. The SMILES string of the molecule is O=C(c1ccc(COc2ccc(F)cc2)o1)N1CCC(c2nnc3ccccn23)CC1. The number of piperidine rings is 1. The molecule has 0 radical (unpaired) electrons. The number of likely N-dealkylation sites (tertiary alicyclic amines) is 1. The number of hydrogen-bond donors (Lipinski definition) is 0. The van der Waals surface area contributed by atoms with Crippen LogP contribution in [0.25, 0.3) is 5.65 Å². The molecule has 1 aliphatic rings. The molecule has 1 aromatic carbocycles. The lowest BCUT2D eigenvalue weighted by Crippen LogP contribution is -2.38. The zero-order chi connectivity index (χ0) is 21.2. The number of aromatic nitrogens is 3. The molecule has 3 aromatic heterocycles. The molecule has 1 saturated heterocycles. The van der Waals surface area contributed by atoms with Crippen LogP contribution in [0.1, 0.15) is 40.9 Å². The summed E-state index contributed by atoms with van der Waals surface area (Å²) in [6.45, 7) is 1.43. The quantitative estimate of drug-likeness (QED) is 0.487. The summed E-state index contributed by atoms with van der Waals surface area (Å²) >= 11 is 0. The number of pyridine rings is 1. The monoisotopic (exact) mass is 420 g/mol. The van der Waals surface area contributed by atoms with Gasteiger partial charge in [-0.1, -0.05) is 6.07 Å². The fraction of sp³-hybridized carbons (Fsp3) is 0.261. The van der Waals surface area contributed by atoms with E-state index >= 15 is 0 Å². The number of benzene rings is 1. The number of ether oxygens (including phenoxy) is 1. The fourth-order valence-electron chi connectivity index (χ4n) is 3.89. The molecule has 4 heterocycles. The van der Waals surface area contributed by atoms with Crippen molar-refractivity contribution in [2.45, 2.75) is 25.4 Å². The minimum absolute atomic E-state index is 0.127. The van der Waals surface area contributed by atoms with Crippen LogP contribution in [0.5, 0.6) is 5.75 Å². The molecule has 0 unspecified atom stereocenters. The van der Waals surface area contributed by atoms with Crippen molar-refractivity contribution in [1.82, 2.24) is 19.5 Å². The predicted octanol–water partition coefficient (Wildman–Crippen LogP) is 4.06. The van der Waals surface area contributed by atoms with Crippen molar-refractivity contribution in [1.29, 1.82) is 0 Å². The van der Waals surface area contributed by atoms with E-state index in [0.29, 0.717) is 30.4 Å². The first-order valence-corrected chi connectivity index (χ1v) is 10.2. The number of fused-ring (bicyclic) bond motifs is 1. The Balaban J connectivity index is 1.18. The van der Waals surface area contributed by atoms with E-state index in [1.54, 1.807) is 24.3 Å². The standard InChI is InChI=1S/C23H21FN4O3/c24-17-4-6-18(7-5-17)30-15-19-8-9-20(31-19)23(29)27-13-10-16(11-14-27)22-26-25-21-3-1-2-12-28(21)22/h1-9,12,16H,10-11,13-15H2. The van der Waals surface area contributed by atoms with Crippen molar-refractivity contribution in [2.75, 3.05) is 13.1 Å². The van der Waals surface area contributed by atoms with Crippen LogP contribution >= 0.6 is 0 Å². The average molecular weight is 420 g/mol. The highest BCUT2D eigenvalue weighted by atomic mass is 19.1. The Labute approximate surface area is 178 Å². The summed E-state index contributed by atoms with van der Waals surface area (Å²) in [6.07, 6.45) is 3.62. The maximum Gasteiger partial charge on any atom is 0.289 e. The predicted molar refractivity (Wildman–Crippen MR) is 110 cm³/mol. The number of amides is 1. The third-order valence-corrected chi connectivity index (χ3v) is 5.55. The average Bonchev–Trinajstić information content (AvgIpc) is 3.46. The van der Waals surface area contributed by atoms with Crippen molar-refractivity contribution < 1.29 is 18.3 Å². The molecule has 1 amide bonds. The normalized spacial score (nSPS) is 14.8. The van der Waals surface area contributed by atoms with E-state index in [1.165, 1.54) is 12.1 Å². The van der Waals surface area contributed by atoms with Crippen molar-refractivity contribution in [2.24, 2.45) is 0 Å². The molecule has 0 saturated carbocycles. The summed E-state index contributed by atoms with van der Waals surface area (Å²) in [7, 11) is 0. The minimum Gasteiger partial charge on any atom is -0.486 e. The van der Waals surface area contributed by atoms with Gasteiger partial charge in [-0.2, -0.15) is 0 Å². The van der Waals surface area contributed by atoms with Crippen LogP contribution in [0.2, 0.25) is 0 Å². The van der Waals surface area contributed by atoms with Gasteiger partial charge in [0.2, 0.25) is 0 Å². The smallest absolute Gasteiger partial charge is 0.289 e. The highest BCUT2D eigenvalue weighted by Crippen LogP contribution is 2.28. The highest BCUT2D eigenvalue weighted by molar-refractivity contribution is 5.91. The van der Waals surface area contributed by atoms with Gasteiger partial charge in [0.25, 0.3) is 5.91 Å². The summed E-state index contributed by atoms with van der Waals surface area (Å²) in [4.78, 5) is 14.7. The van der Waals surface area contributed by atoms with Gasteiger partial charge in [0, 0.05) is 25.2 Å². The Morgan fingerprint density at radius 2 is 1.87 bits per heavy atom. The Bertz CT molecular complexity index is 1190. The van der Waals surface area contributed by atoms with Gasteiger partial charge < -0.3 is 14.1 Å². The van der Waals surface area contributed by atoms with E-state index in [4.69, 9.17) is 9.15 Å². The van der Waals surface area contributed by atoms with E-state index in [1.807, 2.05) is 33.7 Å². The summed E-state index contributed by atoms with van der Waals surface area (Å²) < 4.78 is 26.2. The van der Waals surface area contributed by atoms with Gasteiger partial charge in [0.15, 0.2) is 11.4 Å². The molecule has 1 aliphatic heterocycles. The topological polar surface area (TPSA) is 72.9 Å². The second kappa shape index (κ2) is 8.22. The van der Waals surface area contributed by atoms with Gasteiger partial charge in [-0.25, -0.2) is 4.39 Å². The highest BCUT2D eigenvalue weighted by Gasteiger charge is 2.28. The zero-order valence-corrected chi connectivity index (χ0v) is 16.8. The molecule has 0 bridgehead atoms. The number of carbonyl (C=O) groups excluding carboxylic acids is 1. The van der Waals surface area contributed by atoms with E-state index in [2.05, 4.69) is 10.2 Å².